The summed E-state index contributed by atoms with van der Waals surface area (Å²) in [6, 6.07) is 3.78. The number of methoxy groups -OCH3 is 6. The van der Waals surface area contributed by atoms with E-state index in [9.17, 15) is 10.2 Å². The minimum Gasteiger partial charge on any atom is -0.493 e. The van der Waals surface area contributed by atoms with E-state index >= 15 is 0 Å². The van der Waals surface area contributed by atoms with Gasteiger partial charge < -0.3 is 38.6 Å². The topological polar surface area (TPSA) is 95.8 Å². The molecule has 1 aliphatic rings. The summed E-state index contributed by atoms with van der Waals surface area (Å²) in [4.78, 5) is 0. The highest BCUT2D eigenvalue weighted by molar-refractivity contribution is 5.88. The molecule has 8 heteroatoms. The molecule has 2 N–H and O–H groups in total. The van der Waals surface area contributed by atoms with Gasteiger partial charge in [0.05, 0.1) is 42.7 Å². The van der Waals surface area contributed by atoms with E-state index < -0.39 is 0 Å². The number of aliphatic hydroxyl groups excluding tert-OH is 2. The average molecular weight is 449 g/mol. The molecule has 0 saturated carbocycles. The standard InChI is InChI=1S/C24H32O8/c1-27-17-9-13-7-15(11-25)16(12-26)8-14-10-18(28-2)22(30-4)24(32-6)20(14)19(13)23(31-5)21(17)29-3/h9-10,15-16,25-26H,7-8,11-12H2,1-6H3/t15-,16+. The minimum absolute atomic E-state index is 0.0684. The molecular formula is C24H32O8. The van der Waals surface area contributed by atoms with Crippen molar-refractivity contribution in [3.63, 3.8) is 0 Å². The molecule has 0 heterocycles. The van der Waals surface area contributed by atoms with Gasteiger partial charge >= 0.3 is 0 Å². The monoisotopic (exact) mass is 448 g/mol. The summed E-state index contributed by atoms with van der Waals surface area (Å²) in [5.41, 5.74) is 3.30. The Labute approximate surface area is 188 Å². The summed E-state index contributed by atoms with van der Waals surface area (Å²) >= 11 is 0. The van der Waals surface area contributed by atoms with Crippen molar-refractivity contribution in [2.45, 2.75) is 12.8 Å². The normalized spacial score (nSPS) is 17.4. The Morgan fingerprint density at radius 1 is 0.594 bits per heavy atom. The van der Waals surface area contributed by atoms with E-state index in [0.717, 1.165) is 22.3 Å². The van der Waals surface area contributed by atoms with Crippen LogP contribution in [0.3, 0.4) is 0 Å². The third-order valence-electron chi connectivity index (χ3n) is 6.17. The average Bonchev–Trinajstić information content (AvgIpc) is 2.82. The van der Waals surface area contributed by atoms with E-state index in [4.69, 9.17) is 28.4 Å². The molecule has 32 heavy (non-hydrogen) atoms. The maximum absolute atomic E-state index is 10.2. The fourth-order valence-corrected chi connectivity index (χ4v) is 4.61. The van der Waals surface area contributed by atoms with Crippen molar-refractivity contribution in [1.82, 2.24) is 0 Å². The van der Waals surface area contributed by atoms with Crippen LogP contribution in [-0.2, 0) is 12.8 Å². The maximum atomic E-state index is 10.2. The van der Waals surface area contributed by atoms with E-state index in [1.54, 1.807) is 42.7 Å². The van der Waals surface area contributed by atoms with Crippen molar-refractivity contribution in [3.8, 4) is 45.6 Å². The molecule has 0 aliphatic heterocycles. The highest BCUT2D eigenvalue weighted by atomic mass is 16.5. The number of ether oxygens (including phenoxy) is 6. The predicted octanol–water partition coefficient (Wildman–Crippen LogP) is 2.72. The summed E-state index contributed by atoms with van der Waals surface area (Å²) in [5, 5.41) is 20.3. The van der Waals surface area contributed by atoms with Crippen LogP contribution in [0.15, 0.2) is 12.1 Å². The number of hydrogen-bond acceptors (Lipinski definition) is 8. The second-order valence-electron chi connectivity index (χ2n) is 7.65. The van der Waals surface area contributed by atoms with Crippen molar-refractivity contribution in [2.75, 3.05) is 55.9 Å². The quantitative estimate of drug-likeness (QED) is 0.637. The molecule has 8 nitrogen and oxygen atoms in total. The van der Waals surface area contributed by atoms with E-state index in [2.05, 4.69) is 0 Å². The lowest BCUT2D eigenvalue weighted by Crippen LogP contribution is -2.28. The van der Waals surface area contributed by atoms with Gasteiger partial charge in [0, 0.05) is 24.3 Å². The predicted molar refractivity (Wildman–Crippen MR) is 120 cm³/mol. The lowest BCUT2D eigenvalue weighted by atomic mass is 9.76. The van der Waals surface area contributed by atoms with Crippen LogP contribution in [0.1, 0.15) is 11.1 Å². The molecule has 176 valence electrons. The molecule has 0 bridgehead atoms. The Morgan fingerprint density at radius 2 is 0.938 bits per heavy atom. The number of benzene rings is 2. The second-order valence-corrected chi connectivity index (χ2v) is 7.65. The van der Waals surface area contributed by atoms with Crippen molar-refractivity contribution in [1.29, 1.82) is 0 Å². The Kier molecular flexibility index (Phi) is 7.58. The van der Waals surface area contributed by atoms with Crippen LogP contribution in [0, 0.1) is 11.8 Å². The van der Waals surface area contributed by atoms with Gasteiger partial charge in [0.15, 0.2) is 23.0 Å². The first-order chi connectivity index (χ1) is 15.5. The molecule has 1 aliphatic carbocycles. The van der Waals surface area contributed by atoms with Gasteiger partial charge in [-0.2, -0.15) is 0 Å². The molecule has 0 unspecified atom stereocenters. The first kappa shape index (κ1) is 23.8. The van der Waals surface area contributed by atoms with Crippen LogP contribution in [0.5, 0.6) is 34.5 Å². The van der Waals surface area contributed by atoms with Crippen LogP contribution >= 0.6 is 0 Å². The molecule has 0 spiro atoms. The maximum Gasteiger partial charge on any atom is 0.203 e. The van der Waals surface area contributed by atoms with Gasteiger partial charge in [0.1, 0.15) is 0 Å². The Hall–Kier alpha value is -2.84. The lowest BCUT2D eigenvalue weighted by molar-refractivity contribution is 0.119. The zero-order valence-electron chi connectivity index (χ0n) is 19.5. The fourth-order valence-electron chi connectivity index (χ4n) is 4.61. The van der Waals surface area contributed by atoms with Crippen LogP contribution in [0.4, 0.5) is 0 Å². The zero-order chi connectivity index (χ0) is 23.4. The van der Waals surface area contributed by atoms with Gasteiger partial charge in [-0.1, -0.05) is 0 Å². The van der Waals surface area contributed by atoms with Gasteiger partial charge in [-0.25, -0.2) is 0 Å². The van der Waals surface area contributed by atoms with Gasteiger partial charge in [-0.05, 0) is 47.9 Å². The minimum atomic E-state index is -0.172. The summed E-state index contributed by atoms with van der Waals surface area (Å²) < 4.78 is 34.1. The molecule has 2 atom stereocenters. The van der Waals surface area contributed by atoms with E-state index in [1.165, 1.54) is 0 Å². The number of fused-ring (bicyclic) bond motifs is 3. The molecule has 2 aromatic carbocycles. The molecular weight excluding hydrogens is 416 g/mol. The summed E-state index contributed by atoms with van der Waals surface area (Å²) in [5.74, 6) is 2.58. The lowest BCUT2D eigenvalue weighted by Gasteiger charge is -2.32. The second kappa shape index (κ2) is 10.2. The first-order valence-corrected chi connectivity index (χ1v) is 10.4. The number of rotatable bonds is 8. The molecule has 0 saturated heterocycles. The van der Waals surface area contributed by atoms with Crippen molar-refractivity contribution < 1.29 is 38.6 Å². The summed E-state index contributed by atoms with van der Waals surface area (Å²) in [6.45, 7) is -0.137. The Balaban J connectivity index is 2.51. The molecule has 0 aromatic heterocycles. The summed E-state index contributed by atoms with van der Waals surface area (Å²) in [7, 11) is 9.39. The van der Waals surface area contributed by atoms with Crippen LogP contribution in [0.25, 0.3) is 11.1 Å². The van der Waals surface area contributed by atoms with Gasteiger partial charge in [-0.3, -0.25) is 0 Å². The van der Waals surface area contributed by atoms with Crippen LogP contribution in [0.2, 0.25) is 0 Å². The first-order valence-electron chi connectivity index (χ1n) is 10.4. The third-order valence-corrected chi connectivity index (χ3v) is 6.17. The van der Waals surface area contributed by atoms with Crippen molar-refractivity contribution in [2.24, 2.45) is 11.8 Å². The number of hydrogen-bond donors (Lipinski definition) is 2. The molecule has 3 rings (SSSR count). The largest absolute Gasteiger partial charge is 0.493 e. The van der Waals surface area contributed by atoms with Gasteiger partial charge in [0.2, 0.25) is 11.5 Å². The van der Waals surface area contributed by atoms with Crippen LogP contribution < -0.4 is 28.4 Å². The molecule has 0 amide bonds. The highest BCUT2D eigenvalue weighted by Gasteiger charge is 2.34. The number of aliphatic hydroxyl groups is 2. The third kappa shape index (κ3) is 3.89. The molecule has 0 radical (unpaired) electrons. The van der Waals surface area contributed by atoms with Gasteiger partial charge in [0.25, 0.3) is 0 Å². The van der Waals surface area contributed by atoms with Crippen molar-refractivity contribution >= 4 is 0 Å². The summed E-state index contributed by atoms with van der Waals surface area (Å²) in [6.07, 6.45) is 1.01. The molecule has 0 fully saturated rings. The highest BCUT2D eigenvalue weighted by Crippen LogP contribution is 2.55. The van der Waals surface area contributed by atoms with E-state index in [-0.39, 0.29) is 25.0 Å². The smallest absolute Gasteiger partial charge is 0.203 e. The Bertz CT molecular complexity index is 878. The zero-order valence-corrected chi connectivity index (χ0v) is 19.5. The van der Waals surface area contributed by atoms with E-state index in [0.29, 0.717) is 47.3 Å². The SMILES string of the molecule is COc1cc2c(c(OC)c1OC)-c1c(cc(OC)c(OC)c1OC)C[C@H](CO)[C@H](CO)C2. The molecule has 2 aromatic rings. The van der Waals surface area contributed by atoms with E-state index in [1.807, 2.05) is 12.1 Å². The van der Waals surface area contributed by atoms with Crippen LogP contribution in [-0.4, -0.2) is 66.1 Å². The Morgan fingerprint density at radius 3 is 1.19 bits per heavy atom. The van der Waals surface area contributed by atoms with Crippen molar-refractivity contribution in [3.05, 3.63) is 23.3 Å². The van der Waals surface area contributed by atoms with Gasteiger partial charge in [-0.15, -0.1) is 0 Å². The fraction of sp³-hybridized carbons (Fsp3) is 0.500.